The normalized spacial score (nSPS) is 41.8. The average molecular weight is 442 g/mol. The van der Waals surface area contributed by atoms with Gasteiger partial charge in [0.05, 0.1) is 0 Å². The van der Waals surface area contributed by atoms with Gasteiger partial charge in [-0.1, -0.05) is 36.7 Å². The van der Waals surface area contributed by atoms with E-state index in [2.05, 4.69) is 67.7 Å². The summed E-state index contributed by atoms with van der Waals surface area (Å²) in [4.78, 5) is 7.47. The van der Waals surface area contributed by atoms with E-state index in [9.17, 15) is 0 Å². The maximum atomic E-state index is 8.84. The highest BCUT2D eigenvalue weighted by Gasteiger charge is 2.57. The zero-order valence-electron chi connectivity index (χ0n) is 16.7. The summed E-state index contributed by atoms with van der Waals surface area (Å²) < 4.78 is 3.14. The topological polar surface area (TPSA) is 66.6 Å². The van der Waals surface area contributed by atoms with E-state index in [4.69, 9.17) is 5.53 Å². The van der Waals surface area contributed by atoms with Crippen molar-refractivity contribution >= 4 is 21.6 Å². The molecule has 5 rings (SSSR count). The molecule has 2 saturated carbocycles. The molecule has 1 aromatic rings. The number of hydrogen-bond acceptors (Lipinski definition) is 2. The standard InChI is InChI=1S/C22H28BrN5/c1-21-9-7-15(26-27-24)11-14(21)3-4-16-17-5-6-19(28-12-20(23)25-13-28)22(17,2)10-8-18(16)21/h3,6,12-13,15-18H,4-5,7-11H2,1-2H3/t15?,16?,17?,18?,21-,22-/m0/s1. The number of imidazole rings is 1. The lowest BCUT2D eigenvalue weighted by Gasteiger charge is -2.57. The van der Waals surface area contributed by atoms with Gasteiger partial charge < -0.3 is 4.57 Å². The van der Waals surface area contributed by atoms with Crippen molar-refractivity contribution in [2.45, 2.75) is 64.8 Å². The predicted molar refractivity (Wildman–Crippen MR) is 114 cm³/mol. The first-order valence-corrected chi connectivity index (χ1v) is 11.4. The van der Waals surface area contributed by atoms with Gasteiger partial charge in [-0.25, -0.2) is 4.98 Å². The molecular weight excluding hydrogens is 414 g/mol. The Labute approximate surface area is 175 Å². The molecule has 0 spiro atoms. The van der Waals surface area contributed by atoms with Crippen molar-refractivity contribution < 1.29 is 0 Å². The summed E-state index contributed by atoms with van der Waals surface area (Å²) in [6.45, 7) is 4.99. The molecule has 4 unspecified atom stereocenters. The molecule has 0 saturated heterocycles. The summed E-state index contributed by atoms with van der Waals surface area (Å²) >= 11 is 3.50. The highest BCUT2D eigenvalue weighted by atomic mass is 79.9. The fourth-order valence-electron chi connectivity index (χ4n) is 7.19. The molecule has 0 aromatic carbocycles. The molecule has 6 heteroatoms. The van der Waals surface area contributed by atoms with E-state index in [1.165, 1.54) is 37.8 Å². The van der Waals surface area contributed by atoms with E-state index >= 15 is 0 Å². The van der Waals surface area contributed by atoms with Gasteiger partial charge in [-0.15, -0.1) is 0 Å². The number of hydrogen-bond donors (Lipinski definition) is 0. The molecule has 6 atom stereocenters. The van der Waals surface area contributed by atoms with Crippen LogP contribution in [-0.2, 0) is 0 Å². The Morgan fingerprint density at radius 2 is 2.00 bits per heavy atom. The van der Waals surface area contributed by atoms with Crippen LogP contribution in [-0.4, -0.2) is 15.6 Å². The van der Waals surface area contributed by atoms with Gasteiger partial charge in [0.1, 0.15) is 10.9 Å². The van der Waals surface area contributed by atoms with Gasteiger partial charge in [0, 0.05) is 28.3 Å². The van der Waals surface area contributed by atoms with E-state index in [-0.39, 0.29) is 11.5 Å². The molecule has 0 aliphatic heterocycles. The third-order valence-corrected chi connectivity index (χ3v) is 9.07. The van der Waals surface area contributed by atoms with Crippen LogP contribution in [0.3, 0.4) is 0 Å². The van der Waals surface area contributed by atoms with Crippen LogP contribution < -0.4 is 0 Å². The molecule has 28 heavy (non-hydrogen) atoms. The summed E-state index contributed by atoms with van der Waals surface area (Å²) in [5, 5.41) is 4.04. The van der Waals surface area contributed by atoms with E-state index in [0.717, 1.165) is 29.3 Å². The zero-order valence-corrected chi connectivity index (χ0v) is 18.3. The second-order valence-corrected chi connectivity index (χ2v) is 10.6. The maximum Gasteiger partial charge on any atom is 0.124 e. The maximum absolute atomic E-state index is 8.84. The molecule has 0 amide bonds. The summed E-state index contributed by atoms with van der Waals surface area (Å²) in [6, 6.07) is 0.161. The lowest BCUT2D eigenvalue weighted by molar-refractivity contribution is -0.0127. The van der Waals surface area contributed by atoms with E-state index in [0.29, 0.717) is 11.3 Å². The third-order valence-electron chi connectivity index (χ3n) is 8.66. The minimum absolute atomic E-state index is 0.161. The van der Waals surface area contributed by atoms with Crippen LogP contribution in [0.2, 0.25) is 0 Å². The van der Waals surface area contributed by atoms with Crippen molar-refractivity contribution in [3.8, 4) is 0 Å². The number of aromatic nitrogens is 2. The Morgan fingerprint density at radius 3 is 2.75 bits per heavy atom. The van der Waals surface area contributed by atoms with Crippen LogP contribution in [0.1, 0.15) is 58.8 Å². The summed E-state index contributed by atoms with van der Waals surface area (Å²) in [7, 11) is 0. The molecule has 5 nitrogen and oxygen atoms in total. The molecule has 148 valence electrons. The van der Waals surface area contributed by atoms with Gasteiger partial charge >= 0.3 is 0 Å². The lowest BCUT2D eigenvalue weighted by Crippen LogP contribution is -2.49. The number of nitrogens with zero attached hydrogens (tertiary/aromatic N) is 5. The molecule has 0 bridgehead atoms. The minimum atomic E-state index is 0.161. The van der Waals surface area contributed by atoms with Crippen molar-refractivity contribution in [2.24, 2.45) is 33.7 Å². The summed E-state index contributed by atoms with van der Waals surface area (Å²) in [5.41, 5.74) is 12.4. The van der Waals surface area contributed by atoms with Crippen molar-refractivity contribution in [3.63, 3.8) is 0 Å². The molecule has 2 fully saturated rings. The molecule has 0 radical (unpaired) electrons. The highest BCUT2D eigenvalue weighted by Crippen LogP contribution is 2.65. The quantitative estimate of drug-likeness (QED) is 0.217. The number of halogens is 1. The van der Waals surface area contributed by atoms with Gasteiger partial charge in [-0.3, -0.25) is 0 Å². The van der Waals surface area contributed by atoms with Gasteiger partial charge in [0.2, 0.25) is 0 Å². The number of rotatable bonds is 2. The predicted octanol–water partition coefficient (Wildman–Crippen LogP) is 6.74. The van der Waals surface area contributed by atoms with Crippen molar-refractivity contribution in [3.05, 3.63) is 45.3 Å². The summed E-state index contributed by atoms with van der Waals surface area (Å²) in [5.74, 6) is 2.23. The average Bonchev–Trinajstić information content (AvgIpc) is 3.24. The fraction of sp³-hybridized carbons (Fsp3) is 0.682. The Hall–Kier alpha value is -1.52. The molecule has 1 aromatic heterocycles. The van der Waals surface area contributed by atoms with Crippen molar-refractivity contribution in [1.82, 2.24) is 9.55 Å². The van der Waals surface area contributed by atoms with Crippen LogP contribution in [0.15, 0.2) is 40.0 Å². The number of allylic oxidation sites excluding steroid dienone is 3. The molecule has 4 aliphatic rings. The second-order valence-electron chi connectivity index (χ2n) is 9.75. The Balaban J connectivity index is 1.44. The van der Waals surface area contributed by atoms with Crippen LogP contribution >= 0.6 is 15.9 Å². The molecular formula is C22H28BrN5. The monoisotopic (exact) mass is 441 g/mol. The van der Waals surface area contributed by atoms with Gasteiger partial charge in [0.25, 0.3) is 0 Å². The smallest absolute Gasteiger partial charge is 0.124 e. The minimum Gasteiger partial charge on any atom is -0.309 e. The van der Waals surface area contributed by atoms with Crippen molar-refractivity contribution in [2.75, 3.05) is 0 Å². The SMILES string of the molecule is C[C@]12CCC(N=[N+]=[N-])CC1=CCC1C2CC[C@]2(C)C(n3cnc(Br)c3)=CCC12. The first-order valence-electron chi connectivity index (χ1n) is 10.6. The Kier molecular flexibility index (Phi) is 4.29. The van der Waals surface area contributed by atoms with Crippen molar-refractivity contribution in [1.29, 1.82) is 0 Å². The summed E-state index contributed by atoms with van der Waals surface area (Å²) in [6.07, 6.45) is 17.1. The Morgan fingerprint density at radius 1 is 1.18 bits per heavy atom. The van der Waals surface area contributed by atoms with Gasteiger partial charge in [-0.2, -0.15) is 0 Å². The lowest BCUT2D eigenvalue weighted by atomic mass is 9.47. The first-order chi connectivity index (χ1) is 13.5. The van der Waals surface area contributed by atoms with Gasteiger partial charge in [-0.05, 0) is 89.6 Å². The molecule has 0 N–H and O–H groups in total. The largest absolute Gasteiger partial charge is 0.309 e. The van der Waals surface area contributed by atoms with Crippen LogP contribution in [0.25, 0.3) is 16.1 Å². The highest BCUT2D eigenvalue weighted by molar-refractivity contribution is 9.10. The van der Waals surface area contributed by atoms with E-state index in [1.54, 1.807) is 5.57 Å². The van der Waals surface area contributed by atoms with E-state index < -0.39 is 0 Å². The second kappa shape index (κ2) is 6.50. The first kappa shape index (κ1) is 18.5. The van der Waals surface area contributed by atoms with Crippen LogP contribution in [0.4, 0.5) is 0 Å². The molecule has 4 aliphatic carbocycles. The zero-order chi connectivity index (χ0) is 19.5. The fourth-order valence-corrected chi connectivity index (χ4v) is 7.50. The third kappa shape index (κ3) is 2.57. The van der Waals surface area contributed by atoms with Crippen LogP contribution in [0.5, 0.6) is 0 Å². The Bertz CT molecular complexity index is 910. The number of fused-ring (bicyclic) bond motifs is 5. The van der Waals surface area contributed by atoms with Gasteiger partial charge in [0.15, 0.2) is 0 Å². The van der Waals surface area contributed by atoms with E-state index in [1.807, 2.05) is 6.33 Å². The number of azide groups is 1. The molecule has 1 heterocycles. The van der Waals surface area contributed by atoms with Crippen LogP contribution in [0, 0.1) is 28.6 Å².